The van der Waals surface area contributed by atoms with Crippen molar-refractivity contribution in [2.75, 3.05) is 6.54 Å². The fraction of sp³-hybridized carbons (Fsp3) is 0.182. The van der Waals surface area contributed by atoms with Crippen LogP contribution in [0.15, 0.2) is 29.0 Å². The van der Waals surface area contributed by atoms with Crippen LogP contribution < -0.4 is 5.73 Å². The Morgan fingerprint density at radius 2 is 2.29 bits per heavy atom. The van der Waals surface area contributed by atoms with Crippen LogP contribution in [0.5, 0.6) is 0 Å². The van der Waals surface area contributed by atoms with Gasteiger partial charge in [0, 0.05) is 6.54 Å². The van der Waals surface area contributed by atoms with E-state index in [2.05, 4.69) is 25.9 Å². The predicted octanol–water partition coefficient (Wildman–Crippen LogP) is 3.06. The number of nitrogens with two attached hydrogens (primary N) is 1. The first-order chi connectivity index (χ1) is 8.11. The van der Waals surface area contributed by atoms with Gasteiger partial charge in [0.15, 0.2) is 0 Å². The Morgan fingerprint density at radius 1 is 1.53 bits per heavy atom. The monoisotopic (exact) mass is 317 g/mol. The number of rotatable bonds is 3. The zero-order valence-electron chi connectivity index (χ0n) is 8.75. The van der Waals surface area contributed by atoms with Gasteiger partial charge in [0.1, 0.15) is 16.2 Å². The first-order valence-corrected chi connectivity index (χ1v) is 6.14. The summed E-state index contributed by atoms with van der Waals surface area (Å²) >= 11 is 9.04. The molecule has 3 nitrogen and oxygen atoms in total. The van der Waals surface area contributed by atoms with E-state index in [1.807, 2.05) is 0 Å². The molecule has 0 saturated heterocycles. The zero-order chi connectivity index (χ0) is 12.4. The molecule has 1 heterocycles. The number of nitrogens with one attached hydrogen (secondary N) is 1. The highest BCUT2D eigenvalue weighted by Crippen LogP contribution is 2.26. The Labute approximate surface area is 111 Å². The van der Waals surface area contributed by atoms with Crippen LogP contribution in [-0.2, 0) is 0 Å². The molecule has 90 valence electrons. The van der Waals surface area contributed by atoms with E-state index in [1.165, 1.54) is 6.07 Å². The second kappa shape index (κ2) is 5.16. The third-order valence-corrected chi connectivity index (χ3v) is 3.17. The van der Waals surface area contributed by atoms with Gasteiger partial charge >= 0.3 is 0 Å². The molecule has 2 aromatic rings. The summed E-state index contributed by atoms with van der Waals surface area (Å²) in [5, 5.41) is 0.0894. The minimum Gasteiger partial charge on any atom is -0.336 e. The van der Waals surface area contributed by atoms with Gasteiger partial charge in [0.25, 0.3) is 0 Å². The molecule has 17 heavy (non-hydrogen) atoms. The lowest BCUT2D eigenvalue weighted by Crippen LogP contribution is -2.15. The lowest BCUT2D eigenvalue weighted by Gasteiger charge is -2.13. The maximum absolute atomic E-state index is 13.1. The SMILES string of the molecule is NCC(c1ccc(F)c(Cl)c1)c1ncc(Br)[nH]1. The molecule has 0 spiro atoms. The molecule has 0 bridgehead atoms. The van der Waals surface area contributed by atoms with Crippen LogP contribution in [-0.4, -0.2) is 16.5 Å². The lowest BCUT2D eigenvalue weighted by atomic mass is 9.98. The van der Waals surface area contributed by atoms with Crippen molar-refractivity contribution in [3.8, 4) is 0 Å². The number of halogens is 3. The number of hydrogen-bond acceptors (Lipinski definition) is 2. The van der Waals surface area contributed by atoms with Gasteiger partial charge in [0.05, 0.1) is 17.1 Å². The summed E-state index contributed by atoms with van der Waals surface area (Å²) in [6.45, 7) is 0.363. The van der Waals surface area contributed by atoms with Crippen molar-refractivity contribution in [1.82, 2.24) is 9.97 Å². The van der Waals surface area contributed by atoms with Crippen molar-refractivity contribution >= 4 is 27.5 Å². The number of aromatic amines is 1. The van der Waals surface area contributed by atoms with Gasteiger partial charge in [-0.3, -0.25) is 0 Å². The summed E-state index contributed by atoms with van der Waals surface area (Å²) in [6.07, 6.45) is 1.66. The van der Waals surface area contributed by atoms with E-state index < -0.39 is 5.82 Å². The summed E-state index contributed by atoms with van der Waals surface area (Å²) in [6, 6.07) is 4.57. The molecule has 0 aliphatic rings. The minimum absolute atomic E-state index is 0.0894. The molecule has 1 aromatic carbocycles. The highest BCUT2D eigenvalue weighted by Gasteiger charge is 2.16. The highest BCUT2D eigenvalue weighted by atomic mass is 79.9. The molecular formula is C11H10BrClFN3. The van der Waals surface area contributed by atoms with Gasteiger partial charge in [-0.25, -0.2) is 9.37 Å². The van der Waals surface area contributed by atoms with Crippen molar-refractivity contribution in [1.29, 1.82) is 0 Å². The number of benzene rings is 1. The van der Waals surface area contributed by atoms with Gasteiger partial charge in [-0.2, -0.15) is 0 Å². The van der Waals surface area contributed by atoms with E-state index >= 15 is 0 Å². The molecule has 2 rings (SSSR count). The summed E-state index contributed by atoms with van der Waals surface area (Å²) in [5.74, 6) is 0.160. The largest absolute Gasteiger partial charge is 0.336 e. The van der Waals surface area contributed by atoms with Crippen LogP contribution in [0.2, 0.25) is 5.02 Å². The van der Waals surface area contributed by atoms with Crippen LogP contribution in [0.1, 0.15) is 17.3 Å². The van der Waals surface area contributed by atoms with Gasteiger partial charge in [-0.15, -0.1) is 0 Å². The number of nitrogens with zero attached hydrogens (tertiary/aromatic N) is 1. The van der Waals surface area contributed by atoms with Crippen molar-refractivity contribution in [3.63, 3.8) is 0 Å². The average molecular weight is 319 g/mol. The molecule has 1 unspecified atom stereocenters. The summed E-state index contributed by atoms with van der Waals surface area (Å²) < 4.78 is 13.9. The zero-order valence-corrected chi connectivity index (χ0v) is 11.1. The Kier molecular flexibility index (Phi) is 3.81. The van der Waals surface area contributed by atoms with Crippen molar-refractivity contribution < 1.29 is 4.39 Å². The lowest BCUT2D eigenvalue weighted by molar-refractivity contribution is 0.626. The Balaban J connectivity index is 2.38. The maximum atomic E-state index is 13.1. The smallest absolute Gasteiger partial charge is 0.141 e. The van der Waals surface area contributed by atoms with Gasteiger partial charge in [-0.05, 0) is 33.6 Å². The molecule has 0 amide bonds. The second-order valence-corrected chi connectivity index (χ2v) is 4.84. The Bertz CT molecular complexity index is 529. The molecule has 1 aromatic heterocycles. The van der Waals surface area contributed by atoms with Crippen LogP contribution in [0.4, 0.5) is 4.39 Å². The molecule has 6 heteroatoms. The summed E-state index contributed by atoms with van der Waals surface area (Å²) in [5.41, 5.74) is 6.56. The van der Waals surface area contributed by atoms with E-state index in [4.69, 9.17) is 17.3 Å². The standard InChI is InChI=1S/C11H10BrClFN3/c12-10-5-16-11(17-10)7(4-15)6-1-2-9(14)8(13)3-6/h1-3,5,7H,4,15H2,(H,16,17). The molecule has 0 fully saturated rings. The fourth-order valence-corrected chi connectivity index (χ4v) is 2.12. The van der Waals surface area contributed by atoms with Crippen LogP contribution in [0, 0.1) is 5.82 Å². The van der Waals surface area contributed by atoms with Crippen molar-refractivity contribution in [2.45, 2.75) is 5.92 Å². The van der Waals surface area contributed by atoms with E-state index in [0.717, 1.165) is 16.0 Å². The Morgan fingerprint density at radius 3 is 2.82 bits per heavy atom. The molecule has 0 radical (unpaired) electrons. The molecular weight excluding hydrogens is 308 g/mol. The first-order valence-electron chi connectivity index (χ1n) is 4.97. The minimum atomic E-state index is -0.438. The predicted molar refractivity (Wildman–Crippen MR) is 68.6 cm³/mol. The van der Waals surface area contributed by atoms with E-state index in [9.17, 15) is 4.39 Å². The highest BCUT2D eigenvalue weighted by molar-refractivity contribution is 9.10. The molecule has 3 N–H and O–H groups in total. The summed E-state index contributed by atoms with van der Waals surface area (Å²) in [7, 11) is 0. The van der Waals surface area contributed by atoms with Crippen LogP contribution in [0.25, 0.3) is 0 Å². The quantitative estimate of drug-likeness (QED) is 0.914. The van der Waals surface area contributed by atoms with Gasteiger partial charge in [0.2, 0.25) is 0 Å². The maximum Gasteiger partial charge on any atom is 0.141 e. The molecule has 0 aliphatic heterocycles. The number of aromatic nitrogens is 2. The van der Waals surface area contributed by atoms with Gasteiger partial charge in [-0.1, -0.05) is 17.7 Å². The third-order valence-electron chi connectivity index (χ3n) is 2.48. The van der Waals surface area contributed by atoms with Gasteiger partial charge < -0.3 is 10.7 Å². The van der Waals surface area contributed by atoms with E-state index in [-0.39, 0.29) is 10.9 Å². The normalized spacial score (nSPS) is 12.7. The van der Waals surface area contributed by atoms with E-state index in [0.29, 0.717) is 6.54 Å². The molecule has 1 atom stereocenters. The number of hydrogen-bond donors (Lipinski definition) is 2. The second-order valence-electron chi connectivity index (χ2n) is 3.58. The number of H-pyrrole nitrogens is 1. The van der Waals surface area contributed by atoms with E-state index in [1.54, 1.807) is 18.3 Å². The fourth-order valence-electron chi connectivity index (χ4n) is 1.62. The van der Waals surface area contributed by atoms with Crippen molar-refractivity contribution in [2.24, 2.45) is 5.73 Å². The average Bonchev–Trinajstić information content (AvgIpc) is 2.71. The molecule has 0 aliphatic carbocycles. The summed E-state index contributed by atoms with van der Waals surface area (Å²) in [4.78, 5) is 7.24. The number of imidazole rings is 1. The Hall–Kier alpha value is -0.910. The third kappa shape index (κ3) is 2.68. The van der Waals surface area contributed by atoms with Crippen LogP contribution in [0.3, 0.4) is 0 Å². The van der Waals surface area contributed by atoms with Crippen LogP contribution >= 0.6 is 27.5 Å². The molecule has 0 saturated carbocycles. The first kappa shape index (κ1) is 12.5. The topological polar surface area (TPSA) is 54.7 Å². The van der Waals surface area contributed by atoms with Crippen molar-refractivity contribution in [3.05, 3.63) is 51.2 Å².